The van der Waals surface area contributed by atoms with Crippen LogP contribution in [0, 0.1) is 0 Å². The average molecular weight is 259 g/mol. The van der Waals surface area contributed by atoms with E-state index in [1.54, 1.807) is 7.05 Å². The van der Waals surface area contributed by atoms with Crippen molar-refractivity contribution < 1.29 is 4.74 Å². The third-order valence-corrected chi connectivity index (χ3v) is 2.74. The number of ether oxygens (including phenoxy) is 1. The van der Waals surface area contributed by atoms with Crippen molar-refractivity contribution in [1.29, 1.82) is 0 Å². The van der Waals surface area contributed by atoms with Crippen LogP contribution < -0.4 is 10.1 Å². The molecule has 0 unspecified atom stereocenters. The first-order valence-electron chi connectivity index (χ1n) is 5.76. The van der Waals surface area contributed by atoms with Crippen LogP contribution in [-0.4, -0.2) is 48.2 Å². The molecule has 1 aromatic heterocycles. The Bertz CT molecular complexity index is 344. The Morgan fingerprint density at radius 3 is 2.71 bits per heavy atom. The first-order valence-corrected chi connectivity index (χ1v) is 6.14. The highest BCUT2D eigenvalue weighted by Gasteiger charge is 2.06. The second-order valence-corrected chi connectivity index (χ2v) is 3.88. The fourth-order valence-electron chi connectivity index (χ4n) is 1.38. The monoisotopic (exact) mass is 258 g/mol. The van der Waals surface area contributed by atoms with E-state index in [2.05, 4.69) is 34.0 Å². The fraction of sp³-hybridized carbons (Fsp3) is 0.636. The molecule has 5 nitrogen and oxygen atoms in total. The van der Waals surface area contributed by atoms with E-state index in [1.165, 1.54) is 6.20 Å². The molecule has 0 aromatic carbocycles. The molecule has 0 amide bonds. The molecule has 0 fully saturated rings. The van der Waals surface area contributed by atoms with Gasteiger partial charge < -0.3 is 15.0 Å². The molecule has 0 bridgehead atoms. The van der Waals surface area contributed by atoms with Gasteiger partial charge in [-0.1, -0.05) is 25.4 Å². The Hall–Kier alpha value is -1.07. The van der Waals surface area contributed by atoms with Crippen LogP contribution >= 0.6 is 11.6 Å². The van der Waals surface area contributed by atoms with Crippen molar-refractivity contribution in [2.75, 3.05) is 38.6 Å². The van der Waals surface area contributed by atoms with Gasteiger partial charge in [0.2, 0.25) is 11.8 Å². The fourth-order valence-corrected chi connectivity index (χ4v) is 1.53. The summed E-state index contributed by atoms with van der Waals surface area (Å²) in [5.41, 5.74) is 0. The number of rotatable bonds is 7. The summed E-state index contributed by atoms with van der Waals surface area (Å²) in [7, 11) is 1.75. The first kappa shape index (κ1) is 14.0. The van der Waals surface area contributed by atoms with Crippen LogP contribution in [0.3, 0.4) is 0 Å². The molecule has 17 heavy (non-hydrogen) atoms. The summed E-state index contributed by atoms with van der Waals surface area (Å²) in [6.07, 6.45) is 1.53. The maximum Gasteiger partial charge on any atom is 0.237 e. The number of nitrogens with zero attached hydrogens (tertiary/aromatic N) is 3. The summed E-state index contributed by atoms with van der Waals surface area (Å²) in [6, 6.07) is 0. The van der Waals surface area contributed by atoms with Crippen LogP contribution in [0.4, 0.5) is 5.95 Å². The number of anilines is 1. The predicted molar refractivity (Wildman–Crippen MR) is 69.9 cm³/mol. The average Bonchev–Trinajstić information content (AvgIpc) is 2.36. The number of hydrogen-bond donors (Lipinski definition) is 1. The summed E-state index contributed by atoms with van der Waals surface area (Å²) >= 11 is 5.94. The van der Waals surface area contributed by atoms with Crippen molar-refractivity contribution in [3.8, 4) is 5.88 Å². The van der Waals surface area contributed by atoms with Gasteiger partial charge in [-0.3, -0.25) is 0 Å². The van der Waals surface area contributed by atoms with Gasteiger partial charge >= 0.3 is 0 Å². The Kier molecular flexibility index (Phi) is 6.00. The van der Waals surface area contributed by atoms with Gasteiger partial charge in [0.05, 0.1) is 6.20 Å². The molecule has 0 spiro atoms. The third-order valence-electron chi connectivity index (χ3n) is 2.48. The molecule has 1 heterocycles. The summed E-state index contributed by atoms with van der Waals surface area (Å²) in [5, 5.41) is 3.28. The first-order chi connectivity index (χ1) is 8.21. The second kappa shape index (κ2) is 7.29. The van der Waals surface area contributed by atoms with Gasteiger partial charge in [-0.25, -0.2) is 4.98 Å². The van der Waals surface area contributed by atoms with Crippen LogP contribution in [-0.2, 0) is 0 Å². The highest BCUT2D eigenvalue weighted by molar-refractivity contribution is 6.31. The molecule has 0 saturated carbocycles. The van der Waals surface area contributed by atoms with Crippen molar-refractivity contribution in [3.05, 3.63) is 11.2 Å². The lowest BCUT2D eigenvalue weighted by atomic mass is 10.5. The molecular formula is C11H19ClN4O. The lowest BCUT2D eigenvalue weighted by Crippen LogP contribution is -2.28. The zero-order chi connectivity index (χ0) is 12.7. The minimum Gasteiger partial charge on any atom is -0.475 e. The highest BCUT2D eigenvalue weighted by atomic mass is 35.5. The van der Waals surface area contributed by atoms with Crippen molar-refractivity contribution >= 4 is 17.5 Å². The SMILES string of the molecule is CCN(CC)CCOc1nc(NC)ncc1Cl. The quantitative estimate of drug-likeness (QED) is 0.810. The highest BCUT2D eigenvalue weighted by Crippen LogP contribution is 2.21. The van der Waals surface area contributed by atoms with Crippen molar-refractivity contribution in [2.45, 2.75) is 13.8 Å². The summed E-state index contributed by atoms with van der Waals surface area (Å²) in [4.78, 5) is 10.4. The molecule has 0 radical (unpaired) electrons. The lowest BCUT2D eigenvalue weighted by Gasteiger charge is -2.17. The van der Waals surface area contributed by atoms with E-state index in [1.807, 2.05) is 0 Å². The van der Waals surface area contributed by atoms with Crippen LogP contribution in [0.15, 0.2) is 6.20 Å². The molecule has 0 atom stereocenters. The maximum atomic E-state index is 5.94. The van der Waals surface area contributed by atoms with Crippen molar-refractivity contribution in [1.82, 2.24) is 14.9 Å². The van der Waals surface area contributed by atoms with Crippen LogP contribution in [0.25, 0.3) is 0 Å². The topological polar surface area (TPSA) is 50.3 Å². The van der Waals surface area contributed by atoms with Crippen molar-refractivity contribution in [2.24, 2.45) is 0 Å². The lowest BCUT2D eigenvalue weighted by molar-refractivity contribution is 0.218. The molecule has 0 aliphatic carbocycles. The van der Waals surface area contributed by atoms with E-state index in [9.17, 15) is 0 Å². The van der Waals surface area contributed by atoms with Gasteiger partial charge in [0, 0.05) is 13.6 Å². The van der Waals surface area contributed by atoms with E-state index >= 15 is 0 Å². The molecule has 1 N–H and O–H groups in total. The van der Waals surface area contributed by atoms with E-state index in [0.29, 0.717) is 23.5 Å². The van der Waals surface area contributed by atoms with Crippen LogP contribution in [0.2, 0.25) is 5.02 Å². The summed E-state index contributed by atoms with van der Waals surface area (Å²) < 4.78 is 5.55. The third kappa shape index (κ3) is 4.36. The Morgan fingerprint density at radius 1 is 1.41 bits per heavy atom. The molecule has 0 saturated heterocycles. The van der Waals surface area contributed by atoms with Gasteiger partial charge in [-0.15, -0.1) is 0 Å². The van der Waals surface area contributed by atoms with E-state index in [-0.39, 0.29) is 0 Å². The number of halogens is 1. The summed E-state index contributed by atoms with van der Waals surface area (Å²) in [6.45, 7) is 7.71. The molecule has 0 aliphatic rings. The van der Waals surface area contributed by atoms with E-state index in [0.717, 1.165) is 19.6 Å². The van der Waals surface area contributed by atoms with Gasteiger partial charge in [0.25, 0.3) is 0 Å². The predicted octanol–water partition coefficient (Wildman–Crippen LogP) is 1.89. The Balaban J connectivity index is 2.50. The van der Waals surface area contributed by atoms with E-state index in [4.69, 9.17) is 16.3 Å². The van der Waals surface area contributed by atoms with Gasteiger partial charge in [-0.2, -0.15) is 4.98 Å². The standard InChI is InChI=1S/C11H19ClN4O/c1-4-16(5-2)6-7-17-10-9(12)8-14-11(13-3)15-10/h8H,4-7H2,1-3H3,(H,13,14,15). The zero-order valence-corrected chi connectivity index (χ0v) is 11.3. The molecule has 6 heteroatoms. The molecule has 1 rings (SSSR count). The zero-order valence-electron chi connectivity index (χ0n) is 10.5. The summed E-state index contributed by atoms with van der Waals surface area (Å²) in [5.74, 6) is 0.936. The molecule has 96 valence electrons. The van der Waals surface area contributed by atoms with Gasteiger partial charge in [0.15, 0.2) is 0 Å². The number of likely N-dealkylation sites (N-methyl/N-ethyl adjacent to an activating group) is 1. The Labute approximate surface area is 107 Å². The van der Waals surface area contributed by atoms with Gasteiger partial charge in [-0.05, 0) is 13.1 Å². The van der Waals surface area contributed by atoms with Crippen LogP contribution in [0.1, 0.15) is 13.8 Å². The number of aromatic nitrogens is 2. The molecule has 1 aromatic rings. The minimum absolute atomic E-state index is 0.429. The molecule has 0 aliphatic heterocycles. The minimum atomic E-state index is 0.429. The number of hydrogen-bond acceptors (Lipinski definition) is 5. The van der Waals surface area contributed by atoms with Crippen LogP contribution in [0.5, 0.6) is 5.88 Å². The van der Waals surface area contributed by atoms with Gasteiger partial charge in [0.1, 0.15) is 11.6 Å². The smallest absolute Gasteiger partial charge is 0.237 e. The Morgan fingerprint density at radius 2 is 2.12 bits per heavy atom. The largest absolute Gasteiger partial charge is 0.475 e. The normalized spacial score (nSPS) is 10.6. The molecular weight excluding hydrogens is 240 g/mol. The van der Waals surface area contributed by atoms with Crippen molar-refractivity contribution in [3.63, 3.8) is 0 Å². The second-order valence-electron chi connectivity index (χ2n) is 3.47. The number of nitrogens with one attached hydrogen (secondary N) is 1. The maximum absolute atomic E-state index is 5.94. The van der Waals surface area contributed by atoms with E-state index < -0.39 is 0 Å².